The molecule has 0 bridgehead atoms. The Hall–Kier alpha value is -2.31. The molecule has 3 heterocycles. The zero-order valence-electron chi connectivity index (χ0n) is 14.2. The minimum atomic E-state index is 0.878. The highest BCUT2D eigenvalue weighted by molar-refractivity contribution is 9.10. The van der Waals surface area contributed by atoms with Gasteiger partial charge in [-0.1, -0.05) is 51.5 Å². The van der Waals surface area contributed by atoms with Gasteiger partial charge in [-0.05, 0) is 38.1 Å². The van der Waals surface area contributed by atoms with Crippen molar-refractivity contribution in [2.45, 2.75) is 23.6 Å². The summed E-state index contributed by atoms with van der Waals surface area (Å²) in [6.45, 7) is 4.14. The average Bonchev–Trinajstić information content (AvgIpc) is 3.16. The fourth-order valence-electron chi connectivity index (χ4n) is 3.25. The second kappa shape index (κ2) is 5.86. The van der Waals surface area contributed by atoms with E-state index in [-0.39, 0.29) is 0 Å². The van der Waals surface area contributed by atoms with Crippen LogP contribution in [0.15, 0.2) is 62.9 Å². The number of aryl methyl sites for hydroxylation is 2. The summed E-state index contributed by atoms with van der Waals surface area (Å²) < 4.78 is 2.98. The van der Waals surface area contributed by atoms with Crippen LogP contribution in [-0.4, -0.2) is 19.6 Å². The van der Waals surface area contributed by atoms with Gasteiger partial charge in [0.2, 0.25) is 0 Å². The van der Waals surface area contributed by atoms with E-state index in [1.165, 1.54) is 10.5 Å². The Labute approximate surface area is 162 Å². The normalized spacial score (nSPS) is 11.8. The molecule has 0 saturated heterocycles. The summed E-state index contributed by atoms with van der Waals surface area (Å²) in [6, 6.07) is 14.7. The molecule has 0 unspecified atom stereocenters. The Bertz CT molecular complexity index is 1280. The smallest absolute Gasteiger partial charge is 0.171 e. The predicted octanol–water partition coefficient (Wildman–Crippen LogP) is 5.89. The fourth-order valence-corrected chi connectivity index (χ4v) is 4.75. The Balaban J connectivity index is 1.75. The van der Waals surface area contributed by atoms with E-state index < -0.39 is 0 Å². The molecule has 0 atom stereocenters. The number of hydrogen-bond donors (Lipinski definition) is 1. The van der Waals surface area contributed by atoms with Crippen LogP contribution in [0.5, 0.6) is 0 Å². The molecule has 0 radical (unpaired) electrons. The van der Waals surface area contributed by atoms with E-state index in [1.807, 2.05) is 29.8 Å². The van der Waals surface area contributed by atoms with Gasteiger partial charge in [0.05, 0.1) is 10.6 Å². The molecule has 0 aliphatic carbocycles. The first kappa shape index (κ1) is 15.9. The summed E-state index contributed by atoms with van der Waals surface area (Å²) in [5.74, 6) is 0. The first-order valence-corrected chi connectivity index (χ1v) is 9.91. The molecule has 3 aromatic heterocycles. The molecule has 2 aromatic carbocycles. The summed E-state index contributed by atoms with van der Waals surface area (Å²) >= 11 is 5.36. The predicted molar refractivity (Wildman–Crippen MR) is 110 cm³/mol. The van der Waals surface area contributed by atoms with Gasteiger partial charge in [-0.3, -0.25) is 0 Å². The van der Waals surface area contributed by atoms with Gasteiger partial charge in [-0.25, -0.2) is 4.98 Å². The van der Waals surface area contributed by atoms with E-state index in [1.54, 1.807) is 11.8 Å². The van der Waals surface area contributed by atoms with Gasteiger partial charge >= 0.3 is 0 Å². The van der Waals surface area contributed by atoms with Crippen molar-refractivity contribution in [3.63, 3.8) is 0 Å². The maximum Gasteiger partial charge on any atom is 0.171 e. The van der Waals surface area contributed by atoms with Crippen molar-refractivity contribution in [1.82, 2.24) is 19.6 Å². The van der Waals surface area contributed by atoms with Crippen molar-refractivity contribution in [2.75, 3.05) is 0 Å². The van der Waals surface area contributed by atoms with Crippen molar-refractivity contribution < 1.29 is 0 Å². The van der Waals surface area contributed by atoms with Gasteiger partial charge in [0.25, 0.3) is 0 Å². The topological polar surface area (TPSA) is 46.0 Å². The van der Waals surface area contributed by atoms with Gasteiger partial charge < -0.3 is 4.98 Å². The summed E-state index contributed by atoms with van der Waals surface area (Å²) in [6.07, 6.45) is 1.94. The van der Waals surface area contributed by atoms with Crippen molar-refractivity contribution in [2.24, 2.45) is 0 Å². The highest BCUT2D eigenvalue weighted by Crippen LogP contribution is 2.36. The van der Waals surface area contributed by atoms with Gasteiger partial charge in [0.1, 0.15) is 5.65 Å². The molecule has 26 heavy (non-hydrogen) atoms. The number of rotatable bonds is 2. The number of nitrogens with one attached hydrogen (secondary N) is 1. The second-order valence-corrected chi connectivity index (χ2v) is 8.31. The zero-order valence-corrected chi connectivity index (χ0v) is 16.6. The number of hydrogen-bond acceptors (Lipinski definition) is 3. The number of H-pyrrole nitrogens is 1. The van der Waals surface area contributed by atoms with Crippen LogP contribution in [0.1, 0.15) is 11.3 Å². The molecule has 4 nitrogen and oxygen atoms in total. The molecule has 1 N–H and O–H groups in total. The molecule has 5 aromatic rings. The molecule has 0 aliphatic heterocycles. The Morgan fingerprint density at radius 2 is 1.88 bits per heavy atom. The largest absolute Gasteiger partial charge is 0.339 e. The van der Waals surface area contributed by atoms with E-state index in [2.05, 4.69) is 58.2 Å². The fraction of sp³-hybridized carbons (Fsp3) is 0.100. The van der Waals surface area contributed by atoms with Gasteiger partial charge in [-0.2, -0.15) is 9.61 Å². The quantitative estimate of drug-likeness (QED) is 0.385. The lowest BCUT2D eigenvalue weighted by Gasteiger charge is -2.02. The van der Waals surface area contributed by atoms with Crippen LogP contribution in [0.25, 0.3) is 27.6 Å². The SMILES string of the molecule is Cc1ccc(Sc2c(C)nn3c2ncc2c4c(Br)cccc4[nH]c23)cc1. The van der Waals surface area contributed by atoms with E-state index >= 15 is 0 Å². The van der Waals surface area contributed by atoms with Crippen LogP contribution in [0.3, 0.4) is 0 Å². The number of halogens is 1. The molecule has 128 valence electrons. The third-order valence-corrected chi connectivity index (χ3v) is 6.39. The number of aromatic nitrogens is 4. The minimum absolute atomic E-state index is 0.878. The van der Waals surface area contributed by atoms with Crippen LogP contribution in [-0.2, 0) is 0 Å². The van der Waals surface area contributed by atoms with E-state index in [4.69, 9.17) is 10.1 Å². The minimum Gasteiger partial charge on any atom is -0.339 e. The standard InChI is InChI=1S/C20H15BrN4S/c1-11-6-8-13(9-7-11)26-18-12(2)24-25-19-14(10-22-20(18)25)17-15(21)4-3-5-16(17)23-19/h3-10,23H,1-2H3. The van der Waals surface area contributed by atoms with Crippen LogP contribution in [0.4, 0.5) is 0 Å². The van der Waals surface area contributed by atoms with Crippen molar-refractivity contribution in [3.8, 4) is 0 Å². The number of benzene rings is 2. The zero-order chi connectivity index (χ0) is 17.8. The molecular weight excluding hydrogens is 408 g/mol. The van der Waals surface area contributed by atoms with Gasteiger partial charge in [0, 0.05) is 31.9 Å². The lowest BCUT2D eigenvalue weighted by atomic mass is 10.2. The molecule has 0 fully saturated rings. The lowest BCUT2D eigenvalue weighted by Crippen LogP contribution is -1.92. The summed E-state index contributed by atoms with van der Waals surface area (Å²) in [4.78, 5) is 10.5. The van der Waals surface area contributed by atoms with Gasteiger partial charge in [-0.15, -0.1) is 0 Å². The number of nitrogens with zero attached hydrogens (tertiary/aromatic N) is 3. The molecular formula is C20H15BrN4S. The first-order chi connectivity index (χ1) is 12.6. The first-order valence-electron chi connectivity index (χ1n) is 8.30. The molecule has 0 spiro atoms. The Morgan fingerprint density at radius 1 is 1.08 bits per heavy atom. The monoisotopic (exact) mass is 422 g/mol. The van der Waals surface area contributed by atoms with E-state index in [0.29, 0.717) is 0 Å². The van der Waals surface area contributed by atoms with Crippen LogP contribution >= 0.6 is 27.7 Å². The molecule has 6 heteroatoms. The van der Waals surface area contributed by atoms with Crippen LogP contribution in [0.2, 0.25) is 0 Å². The highest BCUT2D eigenvalue weighted by Gasteiger charge is 2.17. The highest BCUT2D eigenvalue weighted by atomic mass is 79.9. The van der Waals surface area contributed by atoms with E-state index in [9.17, 15) is 0 Å². The van der Waals surface area contributed by atoms with Crippen molar-refractivity contribution in [1.29, 1.82) is 0 Å². The Kier molecular flexibility index (Phi) is 3.58. The average molecular weight is 423 g/mol. The molecule has 5 rings (SSSR count). The summed E-state index contributed by atoms with van der Waals surface area (Å²) in [5.41, 5.74) is 5.16. The second-order valence-electron chi connectivity index (χ2n) is 6.37. The van der Waals surface area contributed by atoms with Crippen molar-refractivity contribution in [3.05, 3.63) is 64.4 Å². The molecule has 0 aliphatic rings. The maximum atomic E-state index is 4.77. The van der Waals surface area contributed by atoms with Crippen LogP contribution < -0.4 is 0 Å². The third-order valence-electron chi connectivity index (χ3n) is 4.54. The lowest BCUT2D eigenvalue weighted by molar-refractivity contribution is 0.944. The van der Waals surface area contributed by atoms with Gasteiger partial charge in [0.15, 0.2) is 5.65 Å². The molecule has 0 saturated carbocycles. The number of fused-ring (bicyclic) bond motifs is 5. The molecule has 0 amide bonds. The number of aromatic amines is 1. The summed E-state index contributed by atoms with van der Waals surface area (Å²) in [7, 11) is 0. The maximum absolute atomic E-state index is 4.77. The van der Waals surface area contributed by atoms with E-state index in [0.717, 1.165) is 42.6 Å². The van der Waals surface area contributed by atoms with Crippen LogP contribution in [0, 0.1) is 13.8 Å². The summed E-state index contributed by atoms with van der Waals surface area (Å²) in [5, 5.41) is 6.97. The van der Waals surface area contributed by atoms with Crippen molar-refractivity contribution >= 4 is 55.3 Å². The Morgan fingerprint density at radius 3 is 2.69 bits per heavy atom. The third kappa shape index (κ3) is 2.36.